The van der Waals surface area contributed by atoms with Gasteiger partial charge in [0, 0.05) is 29.3 Å². The topological polar surface area (TPSA) is 83.6 Å². The number of halogens is 5. The summed E-state index contributed by atoms with van der Waals surface area (Å²) >= 11 is 5.78. The molecule has 3 heterocycles. The lowest BCUT2D eigenvalue weighted by Gasteiger charge is -2.40. The van der Waals surface area contributed by atoms with Crippen LogP contribution in [0.4, 0.5) is 23.4 Å². The van der Waals surface area contributed by atoms with Gasteiger partial charge in [-0.2, -0.15) is 13.2 Å². The van der Waals surface area contributed by atoms with Crippen LogP contribution in [-0.4, -0.2) is 52.7 Å². The number of hydrogen-bond acceptors (Lipinski definition) is 5. The van der Waals surface area contributed by atoms with Gasteiger partial charge in [0.15, 0.2) is 17.2 Å². The molecule has 206 valence electrons. The van der Waals surface area contributed by atoms with Crippen LogP contribution in [0.3, 0.4) is 0 Å². The second-order valence-corrected chi connectivity index (χ2v) is 10.7. The number of benzene rings is 1. The van der Waals surface area contributed by atoms with Crippen molar-refractivity contribution in [2.24, 2.45) is 0 Å². The molecule has 2 N–H and O–H groups in total. The summed E-state index contributed by atoms with van der Waals surface area (Å²) in [6.07, 6.45) is -0.173. The molecule has 2 saturated heterocycles. The van der Waals surface area contributed by atoms with E-state index in [1.54, 1.807) is 19.9 Å². The Morgan fingerprint density at radius 1 is 1.13 bits per heavy atom. The van der Waals surface area contributed by atoms with Crippen molar-refractivity contribution < 1.29 is 31.9 Å². The van der Waals surface area contributed by atoms with Crippen molar-refractivity contribution in [1.29, 1.82) is 0 Å². The minimum Gasteiger partial charge on any atom is -0.475 e. The summed E-state index contributed by atoms with van der Waals surface area (Å²) in [7, 11) is 0. The van der Waals surface area contributed by atoms with Crippen molar-refractivity contribution in [2.75, 3.05) is 4.90 Å². The molecule has 0 radical (unpaired) electrons. The lowest BCUT2D eigenvalue weighted by molar-refractivity contribution is -0.149. The highest BCUT2D eigenvalue weighted by Gasteiger charge is 2.43. The monoisotopic (exact) mass is 556 g/mol. The largest absolute Gasteiger partial charge is 0.475 e. The van der Waals surface area contributed by atoms with Crippen LogP contribution >= 0.6 is 11.6 Å². The number of hydrogen-bond donors (Lipinski definition) is 2. The summed E-state index contributed by atoms with van der Waals surface area (Å²) in [6, 6.07) is 5.17. The number of anilines is 1. The van der Waals surface area contributed by atoms with Gasteiger partial charge in [0.1, 0.15) is 11.9 Å². The molecule has 2 aliphatic heterocycles. The number of ether oxygens (including phenoxy) is 1. The molecule has 3 atom stereocenters. The van der Waals surface area contributed by atoms with Gasteiger partial charge >= 0.3 is 6.18 Å². The van der Waals surface area contributed by atoms with E-state index in [-0.39, 0.29) is 40.4 Å². The number of rotatable bonds is 7. The maximum Gasteiger partial charge on any atom is 0.408 e. The minimum atomic E-state index is -4.53. The smallest absolute Gasteiger partial charge is 0.408 e. The first-order chi connectivity index (χ1) is 17.7. The molecule has 12 heteroatoms. The van der Waals surface area contributed by atoms with Crippen LogP contribution in [0, 0.1) is 5.82 Å². The van der Waals surface area contributed by atoms with Gasteiger partial charge in [0.2, 0.25) is 0 Å². The van der Waals surface area contributed by atoms with E-state index in [0.29, 0.717) is 18.7 Å². The summed E-state index contributed by atoms with van der Waals surface area (Å²) in [5.41, 5.74) is -1.29. The summed E-state index contributed by atoms with van der Waals surface area (Å²) in [5.74, 6) is -1.31. The molecule has 7 nitrogen and oxygen atoms in total. The van der Waals surface area contributed by atoms with Crippen molar-refractivity contribution in [1.82, 2.24) is 15.6 Å². The van der Waals surface area contributed by atoms with Crippen molar-refractivity contribution >= 4 is 29.2 Å². The van der Waals surface area contributed by atoms with Crippen LogP contribution < -0.4 is 20.3 Å². The van der Waals surface area contributed by atoms with Gasteiger partial charge < -0.3 is 20.3 Å². The molecular formula is C26H29ClF4N4O3. The van der Waals surface area contributed by atoms with Crippen LogP contribution in [0.5, 0.6) is 5.75 Å². The zero-order chi connectivity index (χ0) is 27.8. The van der Waals surface area contributed by atoms with E-state index in [1.165, 1.54) is 24.4 Å². The van der Waals surface area contributed by atoms with Crippen molar-refractivity contribution in [3.05, 3.63) is 52.9 Å². The van der Waals surface area contributed by atoms with Crippen LogP contribution in [0.15, 0.2) is 36.5 Å². The number of aromatic nitrogens is 1. The third-order valence-electron chi connectivity index (χ3n) is 6.99. The highest BCUT2D eigenvalue weighted by Crippen LogP contribution is 2.39. The second kappa shape index (κ2) is 10.6. The maximum absolute atomic E-state index is 14.2. The number of nitrogens with one attached hydrogen (secondary N) is 2. The number of amides is 2. The Morgan fingerprint density at radius 3 is 2.34 bits per heavy atom. The number of fused-ring (bicyclic) bond motifs is 2. The van der Waals surface area contributed by atoms with E-state index >= 15 is 0 Å². The number of carbonyl (C=O) groups excluding carboxylic acids is 2. The first kappa shape index (κ1) is 27.9. The maximum atomic E-state index is 14.2. The quantitative estimate of drug-likeness (QED) is 0.468. The molecule has 2 unspecified atom stereocenters. The molecule has 2 bridgehead atoms. The Kier molecular flexibility index (Phi) is 7.79. The van der Waals surface area contributed by atoms with Gasteiger partial charge in [-0.3, -0.25) is 9.59 Å². The zero-order valence-electron chi connectivity index (χ0n) is 21.1. The highest BCUT2D eigenvalue weighted by molar-refractivity contribution is 6.30. The lowest BCUT2D eigenvalue weighted by atomic mass is 9.96. The van der Waals surface area contributed by atoms with Gasteiger partial charge in [-0.05, 0) is 76.8 Å². The third kappa shape index (κ3) is 6.14. The molecule has 1 aromatic carbocycles. The average molecular weight is 557 g/mol. The van der Waals surface area contributed by atoms with Gasteiger partial charge in [0.25, 0.3) is 11.8 Å². The molecule has 0 aliphatic carbocycles. The van der Waals surface area contributed by atoms with Crippen molar-refractivity contribution in [2.45, 2.75) is 82.4 Å². The Balaban J connectivity index is 1.36. The van der Waals surface area contributed by atoms with E-state index in [0.717, 1.165) is 25.8 Å². The SMILES string of the molecule is C[C@H](NC(=O)c1ccc(N2C3CCC2CC(NC(=O)C(C)(C)Oc2ccc(Cl)cc2F)C3)nc1)C(F)(F)F. The number of alkyl halides is 3. The predicted octanol–water partition coefficient (Wildman–Crippen LogP) is 5.03. The molecule has 1 aromatic heterocycles. The fraction of sp³-hybridized carbons (Fsp3) is 0.500. The molecule has 2 fully saturated rings. The molecule has 0 spiro atoms. The normalized spacial score (nSPS) is 22.1. The molecular weight excluding hydrogens is 528 g/mol. The first-order valence-corrected chi connectivity index (χ1v) is 12.7. The fourth-order valence-electron chi connectivity index (χ4n) is 4.94. The summed E-state index contributed by atoms with van der Waals surface area (Å²) in [4.78, 5) is 31.7. The Hall–Kier alpha value is -3.08. The number of nitrogens with zero attached hydrogens (tertiary/aromatic N) is 2. The van der Waals surface area contributed by atoms with Crippen LogP contribution in [0.25, 0.3) is 0 Å². The van der Waals surface area contributed by atoms with E-state index in [1.807, 2.05) is 5.32 Å². The first-order valence-electron chi connectivity index (χ1n) is 12.3. The molecule has 4 rings (SSSR count). The standard InChI is InChI=1S/C26H29ClF4N4O3/c1-14(26(29,30)31)33-23(36)15-4-9-22(32-13-15)35-18-6-7-19(35)12-17(11-18)34-24(37)25(2,3)38-21-8-5-16(27)10-20(21)28/h4-5,8-10,13-14,17-19H,6-7,11-12H2,1-3H3,(H,33,36)(H,34,37)/t14-,17?,18?,19?/m0/s1. The van der Waals surface area contributed by atoms with E-state index in [4.69, 9.17) is 16.3 Å². The lowest BCUT2D eigenvalue weighted by Crippen LogP contribution is -2.55. The van der Waals surface area contributed by atoms with Crippen LogP contribution in [0.1, 0.15) is 56.8 Å². The number of carbonyl (C=O) groups is 2. The minimum absolute atomic E-state index is 0.0405. The van der Waals surface area contributed by atoms with Gasteiger partial charge in [0.05, 0.1) is 5.56 Å². The fourth-order valence-corrected chi connectivity index (χ4v) is 5.10. The zero-order valence-corrected chi connectivity index (χ0v) is 21.9. The van der Waals surface area contributed by atoms with Gasteiger partial charge in [-0.1, -0.05) is 11.6 Å². The highest BCUT2D eigenvalue weighted by atomic mass is 35.5. The van der Waals surface area contributed by atoms with Crippen molar-refractivity contribution in [3.8, 4) is 5.75 Å². The molecule has 2 amide bonds. The Labute approximate surface area is 222 Å². The predicted molar refractivity (Wildman–Crippen MR) is 134 cm³/mol. The summed E-state index contributed by atoms with van der Waals surface area (Å²) in [6.45, 7) is 4.01. The van der Waals surface area contributed by atoms with E-state index in [2.05, 4.69) is 15.2 Å². The van der Waals surface area contributed by atoms with Gasteiger partial charge in [-0.25, -0.2) is 9.37 Å². The van der Waals surface area contributed by atoms with E-state index in [9.17, 15) is 27.2 Å². The van der Waals surface area contributed by atoms with Crippen molar-refractivity contribution in [3.63, 3.8) is 0 Å². The van der Waals surface area contributed by atoms with Crippen LogP contribution in [-0.2, 0) is 4.79 Å². The summed E-state index contributed by atoms with van der Waals surface area (Å²) in [5, 5.41) is 5.19. The van der Waals surface area contributed by atoms with E-state index < -0.39 is 29.5 Å². The molecule has 0 saturated carbocycles. The molecule has 38 heavy (non-hydrogen) atoms. The average Bonchev–Trinajstić information content (AvgIpc) is 3.10. The molecule has 2 aromatic rings. The second-order valence-electron chi connectivity index (χ2n) is 10.3. The number of piperidine rings is 1. The van der Waals surface area contributed by atoms with Gasteiger partial charge in [-0.15, -0.1) is 0 Å². The van der Waals surface area contributed by atoms with Crippen LogP contribution in [0.2, 0.25) is 5.02 Å². The Bertz CT molecular complexity index is 1180. The summed E-state index contributed by atoms with van der Waals surface area (Å²) < 4.78 is 58.0. The molecule has 2 aliphatic rings. The number of pyridine rings is 1. The Morgan fingerprint density at radius 2 is 1.79 bits per heavy atom. The third-order valence-corrected chi connectivity index (χ3v) is 7.22.